The van der Waals surface area contributed by atoms with E-state index < -0.39 is 96.5 Å². The quantitative estimate of drug-likeness (QED) is 0.0130. The fourth-order valence-electron chi connectivity index (χ4n) is 6.53. The second kappa shape index (κ2) is 48.5. The summed E-state index contributed by atoms with van der Waals surface area (Å²) in [5.74, 6) is -6.77. The Morgan fingerprint density at radius 2 is 1.19 bits per heavy atom. The van der Waals surface area contributed by atoms with E-state index in [1.165, 1.54) is 20.8 Å². The number of quaternary nitrogens is 1. The molecule has 0 aromatic heterocycles. The van der Waals surface area contributed by atoms with Crippen LogP contribution in [-0.4, -0.2) is 154 Å². The van der Waals surface area contributed by atoms with Crippen LogP contribution in [0.15, 0.2) is 70.9 Å². The number of alkyl carbamates (subject to hydrolysis) is 2. The molecule has 2 saturated heterocycles. The van der Waals surface area contributed by atoms with Gasteiger partial charge in [-0.05, 0) is 53.3 Å². The molecule has 0 saturated carbocycles. The molecule has 8 N–H and O–H groups in total. The number of aliphatic hydroxyl groups is 1. The van der Waals surface area contributed by atoms with Gasteiger partial charge in [0.05, 0.1) is 63.9 Å². The standard InChI is InChI=1S/C24H37N5O6.C12H11NO5.C7H11NO3.C4H10N4O.C4H6O3.C2H2F2O2/c1-17(2)13-21(28-18(3)30)22(31)14-20(24(33)26-9-11-34-12-10-27-29-25)15-23(32)35-16-19-7-5-4-6-8-19;14-10(6-9-11(15)18-12(16)13-9)17-7-8-4-2-1-3-5-8;1-4(2)3-5-6(9)11-7(10)8-5;5-1-3-9-4-2-7-8-6;1-3(5)7-4(2)6;3-1(4)2(5)6/h4-8,17,20-22,31H,9-16H2,1-3H3,(H,26,33)(H,28,30);1-5,9H,6-7H2,(H,13,16);4-5H,3H2,1-2H3,(H,8,10);1-5H2;1-2H3;1H,(H,5,6)/t20-,21+,22?;9-;5-;;;/m001.../s1. The summed E-state index contributed by atoms with van der Waals surface area (Å²) in [5, 5.41) is 36.4. The SMILES string of the molecule is CC(=O)N[C@H](CC(C)C)C(O)C[C@@H](CC(=O)OCc1ccccc1)C(=O)NCCOCCN=[N+]=[N-].CC(=O)OC(C)=O.CC(C)C[C@H]1NC(=O)OC1=O.O=C(C[C@@H]1NC(=O)OC1=O)OCc1ccccc1.O=C([O-])C(F)F.[N-]=[N+]=NCCOCC[NH3+]. The molecule has 2 aliphatic rings. The maximum Gasteiger partial charge on any atom is 0.415 e. The number of halogens is 2. The van der Waals surface area contributed by atoms with Gasteiger partial charge >= 0.3 is 48.0 Å². The number of carbonyl (C=O) groups is 11. The number of carboxylic acids is 1. The van der Waals surface area contributed by atoms with Crippen molar-refractivity contribution >= 4 is 65.8 Å². The number of nitrogens with zero attached hydrogens (tertiary/aromatic N) is 6. The molecular formula is C53H77F2N11O20. The van der Waals surface area contributed by atoms with Gasteiger partial charge in [-0.15, -0.1) is 0 Å². The van der Waals surface area contributed by atoms with Crippen molar-refractivity contribution in [1.29, 1.82) is 0 Å². The van der Waals surface area contributed by atoms with E-state index in [-0.39, 0.29) is 70.6 Å². The first-order valence-corrected chi connectivity index (χ1v) is 26.5. The number of nitrogens with one attached hydrogen (secondary N) is 4. The Morgan fingerprint density at radius 3 is 1.57 bits per heavy atom. The number of amides is 4. The lowest BCUT2D eigenvalue weighted by atomic mass is 9.90. The number of hydrogen-bond donors (Lipinski definition) is 6. The fraction of sp³-hybridized carbons (Fsp3) is 0.566. The Hall–Kier alpha value is -8.87. The molecule has 4 rings (SSSR count). The number of cyclic esters (lactones) is 4. The number of aliphatic carboxylic acids is 1. The first-order valence-electron chi connectivity index (χ1n) is 26.5. The largest absolute Gasteiger partial charge is 0.544 e. The molecular weight excluding hydrogens is 1150 g/mol. The number of hydrogen-bond acceptors (Lipinski definition) is 22. The first-order chi connectivity index (χ1) is 40.6. The Balaban J connectivity index is 0. The first kappa shape index (κ1) is 79.2. The van der Waals surface area contributed by atoms with Crippen molar-refractivity contribution in [3.05, 3.63) is 92.7 Å². The summed E-state index contributed by atoms with van der Waals surface area (Å²) in [4.78, 5) is 125. The number of carboxylic acid groups (broad SMARTS) is 1. The molecule has 5 atom stereocenters. The van der Waals surface area contributed by atoms with Gasteiger partial charge in [-0.25, -0.2) is 28.0 Å². The normalized spacial score (nSPS) is 14.4. The summed E-state index contributed by atoms with van der Waals surface area (Å²) in [5.41, 5.74) is 21.3. The van der Waals surface area contributed by atoms with Crippen molar-refractivity contribution in [1.82, 2.24) is 21.3 Å². The lowest BCUT2D eigenvalue weighted by Gasteiger charge is -2.28. The lowest BCUT2D eigenvalue weighted by Crippen LogP contribution is -2.52. The van der Waals surface area contributed by atoms with Gasteiger partial charge in [-0.3, -0.25) is 28.8 Å². The van der Waals surface area contributed by atoms with Crippen molar-refractivity contribution in [2.75, 3.05) is 52.6 Å². The van der Waals surface area contributed by atoms with Crippen LogP contribution < -0.4 is 32.1 Å². The molecule has 2 heterocycles. The van der Waals surface area contributed by atoms with E-state index in [2.05, 4.69) is 61.3 Å². The molecule has 4 amide bonds. The van der Waals surface area contributed by atoms with Crippen LogP contribution in [0.4, 0.5) is 18.4 Å². The van der Waals surface area contributed by atoms with Gasteiger partial charge in [0.2, 0.25) is 11.8 Å². The average Bonchev–Trinajstić information content (AvgIpc) is 4.07. The smallest absolute Gasteiger partial charge is 0.415 e. The van der Waals surface area contributed by atoms with Crippen LogP contribution >= 0.6 is 0 Å². The number of ether oxygens (including phenoxy) is 7. The molecule has 2 aromatic rings. The second-order valence-corrected chi connectivity index (χ2v) is 18.6. The number of azide groups is 2. The number of rotatable bonds is 29. The van der Waals surface area contributed by atoms with Gasteiger partial charge in [0.25, 0.3) is 6.43 Å². The van der Waals surface area contributed by atoms with Crippen molar-refractivity contribution in [2.45, 2.75) is 124 Å². The predicted molar refractivity (Wildman–Crippen MR) is 293 cm³/mol. The molecule has 31 nitrogen and oxygen atoms in total. The molecule has 2 fully saturated rings. The van der Waals surface area contributed by atoms with Gasteiger partial charge < -0.3 is 75.2 Å². The van der Waals surface area contributed by atoms with Gasteiger partial charge in [-0.1, -0.05) is 98.6 Å². The molecule has 33 heteroatoms. The van der Waals surface area contributed by atoms with Gasteiger partial charge in [0.15, 0.2) is 0 Å². The molecule has 478 valence electrons. The Labute approximate surface area is 494 Å². The van der Waals surface area contributed by atoms with Crippen molar-refractivity contribution in [3.63, 3.8) is 0 Å². The molecule has 2 aromatic carbocycles. The van der Waals surface area contributed by atoms with E-state index in [9.17, 15) is 61.8 Å². The highest BCUT2D eigenvalue weighted by molar-refractivity contribution is 5.97. The monoisotopic (exact) mass is 1230 g/mol. The molecule has 0 radical (unpaired) electrons. The summed E-state index contributed by atoms with van der Waals surface area (Å²) in [7, 11) is 0. The van der Waals surface area contributed by atoms with Crippen LogP contribution in [0.3, 0.4) is 0 Å². The summed E-state index contributed by atoms with van der Waals surface area (Å²) in [6, 6.07) is 16.4. The highest BCUT2D eigenvalue weighted by atomic mass is 19.3. The molecule has 0 bridgehead atoms. The van der Waals surface area contributed by atoms with Crippen molar-refractivity contribution in [3.8, 4) is 0 Å². The molecule has 0 spiro atoms. The maximum atomic E-state index is 12.9. The van der Waals surface area contributed by atoms with Crippen LogP contribution in [0.5, 0.6) is 0 Å². The predicted octanol–water partition coefficient (Wildman–Crippen LogP) is 2.56. The topological polar surface area (TPSA) is 469 Å². The number of carbonyl (C=O) groups excluding carboxylic acids is 11. The number of alkyl halides is 2. The van der Waals surface area contributed by atoms with E-state index in [1.807, 2.05) is 88.4 Å². The van der Waals surface area contributed by atoms with E-state index in [0.717, 1.165) is 17.7 Å². The molecule has 1 unspecified atom stereocenters. The number of aliphatic hydroxyl groups excluding tert-OH is 1. The van der Waals surface area contributed by atoms with E-state index in [4.69, 9.17) is 39.9 Å². The maximum absolute atomic E-state index is 12.9. The zero-order valence-electron chi connectivity index (χ0n) is 48.8. The zero-order chi connectivity index (χ0) is 65.4. The second-order valence-electron chi connectivity index (χ2n) is 18.6. The summed E-state index contributed by atoms with van der Waals surface area (Å²) in [6.45, 7) is 15.0. The lowest BCUT2D eigenvalue weighted by molar-refractivity contribution is -0.374. The Bertz CT molecular complexity index is 2490. The summed E-state index contributed by atoms with van der Waals surface area (Å²) < 4.78 is 54.0. The summed E-state index contributed by atoms with van der Waals surface area (Å²) >= 11 is 0. The third kappa shape index (κ3) is 44.7. The van der Waals surface area contributed by atoms with Crippen LogP contribution in [-0.2, 0) is 89.5 Å². The van der Waals surface area contributed by atoms with Gasteiger partial charge in [0, 0.05) is 50.2 Å². The molecule has 2 aliphatic heterocycles. The van der Waals surface area contributed by atoms with Crippen LogP contribution in [0.1, 0.15) is 91.7 Å². The van der Waals surface area contributed by atoms with E-state index in [1.54, 1.807) is 0 Å². The summed E-state index contributed by atoms with van der Waals surface area (Å²) in [6.07, 6.45) is -5.14. The van der Waals surface area contributed by atoms with Crippen LogP contribution in [0.25, 0.3) is 20.9 Å². The van der Waals surface area contributed by atoms with Gasteiger partial charge in [0.1, 0.15) is 31.3 Å². The third-order valence-electron chi connectivity index (χ3n) is 10.1. The molecule has 86 heavy (non-hydrogen) atoms. The van der Waals surface area contributed by atoms with E-state index >= 15 is 0 Å². The zero-order valence-corrected chi connectivity index (χ0v) is 48.8. The van der Waals surface area contributed by atoms with Crippen molar-refractivity contribution < 1.29 is 111 Å². The minimum absolute atomic E-state index is 0.0261. The minimum Gasteiger partial charge on any atom is -0.544 e. The van der Waals surface area contributed by atoms with E-state index in [0.29, 0.717) is 38.5 Å². The van der Waals surface area contributed by atoms with Crippen LogP contribution in [0.2, 0.25) is 0 Å². The average molecular weight is 1230 g/mol. The third-order valence-corrected chi connectivity index (χ3v) is 10.1. The fourth-order valence-corrected chi connectivity index (χ4v) is 6.53. The van der Waals surface area contributed by atoms with Crippen molar-refractivity contribution in [2.24, 2.45) is 28.0 Å². The highest BCUT2D eigenvalue weighted by Crippen LogP contribution is 2.20. The Kier molecular flexibility index (Phi) is 44.7. The minimum atomic E-state index is -3.34. The van der Waals surface area contributed by atoms with Crippen LogP contribution in [0, 0.1) is 17.8 Å². The number of esters is 6. The van der Waals surface area contributed by atoms with Gasteiger partial charge in [-0.2, -0.15) is 0 Å². The highest BCUT2D eigenvalue weighted by Gasteiger charge is 2.35. The Morgan fingerprint density at radius 1 is 0.721 bits per heavy atom. The number of benzene rings is 2. The molecule has 0 aliphatic carbocycles.